The smallest absolute Gasteiger partial charge is 0.119 e. The van der Waals surface area contributed by atoms with Crippen molar-refractivity contribution < 1.29 is 19.3 Å². The topological polar surface area (TPSA) is 47.9 Å². The molecular formula is C16H22O4. The molecule has 0 aliphatic rings. The number of aliphatic hydroxyl groups excluding tert-OH is 1. The summed E-state index contributed by atoms with van der Waals surface area (Å²) in [7, 11) is 0. The first-order chi connectivity index (χ1) is 9.86. The number of hydrogen-bond donors (Lipinski definition) is 1. The molecule has 0 unspecified atom stereocenters. The van der Waals surface area contributed by atoms with E-state index in [-0.39, 0.29) is 6.61 Å². The van der Waals surface area contributed by atoms with E-state index in [2.05, 4.69) is 18.8 Å². The van der Waals surface area contributed by atoms with Crippen LogP contribution in [0, 0.1) is 11.8 Å². The van der Waals surface area contributed by atoms with Gasteiger partial charge in [0.1, 0.15) is 19.0 Å². The first-order valence-corrected chi connectivity index (χ1v) is 6.85. The molecule has 1 rings (SSSR count). The molecular weight excluding hydrogens is 256 g/mol. The molecule has 0 atom stereocenters. The summed E-state index contributed by atoms with van der Waals surface area (Å²) in [6, 6.07) is 7.42. The van der Waals surface area contributed by atoms with E-state index in [1.54, 1.807) is 0 Å². The zero-order chi connectivity index (χ0) is 14.5. The van der Waals surface area contributed by atoms with E-state index in [1.165, 1.54) is 0 Å². The van der Waals surface area contributed by atoms with E-state index in [9.17, 15) is 0 Å². The average Bonchev–Trinajstić information content (AvgIpc) is 2.49. The first-order valence-electron chi connectivity index (χ1n) is 6.85. The van der Waals surface area contributed by atoms with Gasteiger partial charge in [-0.15, -0.1) is 0 Å². The second-order valence-electron chi connectivity index (χ2n) is 4.06. The van der Waals surface area contributed by atoms with Crippen molar-refractivity contribution in [2.45, 2.75) is 13.3 Å². The lowest BCUT2D eigenvalue weighted by Crippen LogP contribution is -2.11. The molecule has 0 radical (unpaired) electrons. The summed E-state index contributed by atoms with van der Waals surface area (Å²) in [5.74, 6) is 6.21. The lowest BCUT2D eigenvalue weighted by Gasteiger charge is -2.07. The summed E-state index contributed by atoms with van der Waals surface area (Å²) in [5, 5.41) is 8.60. The van der Waals surface area contributed by atoms with Gasteiger partial charge in [-0.05, 0) is 30.7 Å². The summed E-state index contributed by atoms with van der Waals surface area (Å²) in [4.78, 5) is 0. The van der Waals surface area contributed by atoms with Gasteiger partial charge in [-0.3, -0.25) is 0 Å². The highest BCUT2D eigenvalue weighted by Crippen LogP contribution is 2.11. The summed E-state index contributed by atoms with van der Waals surface area (Å²) in [6.45, 7) is 5.01. The van der Waals surface area contributed by atoms with Gasteiger partial charge in [0.25, 0.3) is 0 Å². The van der Waals surface area contributed by atoms with E-state index >= 15 is 0 Å². The predicted octanol–water partition coefficient (Wildman–Crippen LogP) is 1.85. The molecule has 0 spiro atoms. The van der Waals surface area contributed by atoms with Crippen LogP contribution in [-0.2, 0) is 9.47 Å². The molecule has 0 heterocycles. The van der Waals surface area contributed by atoms with Crippen molar-refractivity contribution >= 4 is 0 Å². The fourth-order valence-corrected chi connectivity index (χ4v) is 1.46. The highest BCUT2D eigenvalue weighted by atomic mass is 16.5. The molecule has 4 heteroatoms. The monoisotopic (exact) mass is 278 g/mol. The molecule has 110 valence electrons. The zero-order valence-electron chi connectivity index (χ0n) is 11.9. The summed E-state index contributed by atoms with van der Waals surface area (Å²) < 4.78 is 16.2. The highest BCUT2D eigenvalue weighted by molar-refractivity contribution is 5.38. The Bertz CT molecular complexity index is 403. The highest BCUT2D eigenvalue weighted by Gasteiger charge is 1.94. The van der Waals surface area contributed by atoms with E-state index in [0.717, 1.165) is 24.3 Å². The standard InChI is InChI=1S/C16H22O4/c1-2-10-18-11-12-19-13-14-20-16-7-5-15(6-8-16)4-3-9-17/h5-8,17H,2,9-14H2,1H3. The van der Waals surface area contributed by atoms with Gasteiger partial charge in [-0.1, -0.05) is 18.8 Å². The van der Waals surface area contributed by atoms with Crippen LogP contribution in [-0.4, -0.2) is 44.7 Å². The quantitative estimate of drug-likeness (QED) is 0.553. The van der Waals surface area contributed by atoms with Crippen LogP contribution >= 0.6 is 0 Å². The molecule has 1 N–H and O–H groups in total. The minimum atomic E-state index is -0.127. The largest absolute Gasteiger partial charge is 0.491 e. The maximum Gasteiger partial charge on any atom is 0.119 e. The maximum atomic E-state index is 8.60. The van der Waals surface area contributed by atoms with Crippen molar-refractivity contribution in [1.82, 2.24) is 0 Å². The van der Waals surface area contributed by atoms with Gasteiger partial charge < -0.3 is 19.3 Å². The third-order valence-electron chi connectivity index (χ3n) is 2.38. The minimum Gasteiger partial charge on any atom is -0.491 e. The molecule has 1 aromatic rings. The molecule has 0 aliphatic carbocycles. The first kappa shape index (κ1) is 16.5. The SMILES string of the molecule is CCCOCCOCCOc1ccc(C#CCO)cc1. The number of aliphatic hydroxyl groups is 1. The van der Waals surface area contributed by atoms with Crippen molar-refractivity contribution in [2.24, 2.45) is 0 Å². The van der Waals surface area contributed by atoms with Crippen LogP contribution in [0.15, 0.2) is 24.3 Å². The third kappa shape index (κ3) is 7.80. The van der Waals surface area contributed by atoms with E-state index in [1.807, 2.05) is 24.3 Å². The van der Waals surface area contributed by atoms with Gasteiger partial charge in [0, 0.05) is 12.2 Å². The molecule has 4 nitrogen and oxygen atoms in total. The van der Waals surface area contributed by atoms with Crippen LogP contribution in [0.2, 0.25) is 0 Å². The minimum absolute atomic E-state index is 0.127. The number of ether oxygens (including phenoxy) is 3. The maximum absolute atomic E-state index is 8.60. The lowest BCUT2D eigenvalue weighted by atomic mass is 10.2. The Labute approximate surface area is 120 Å². The molecule has 0 aromatic heterocycles. The number of rotatable bonds is 9. The van der Waals surface area contributed by atoms with Crippen molar-refractivity contribution in [1.29, 1.82) is 0 Å². The Morgan fingerprint density at radius 3 is 2.25 bits per heavy atom. The molecule has 0 amide bonds. The average molecular weight is 278 g/mol. The normalized spacial score (nSPS) is 9.90. The summed E-state index contributed by atoms with van der Waals surface area (Å²) >= 11 is 0. The molecule has 0 saturated heterocycles. The van der Waals surface area contributed by atoms with Crippen LogP contribution in [0.1, 0.15) is 18.9 Å². The van der Waals surface area contributed by atoms with Gasteiger partial charge in [0.2, 0.25) is 0 Å². The van der Waals surface area contributed by atoms with Crippen LogP contribution < -0.4 is 4.74 Å². The number of hydrogen-bond acceptors (Lipinski definition) is 4. The Balaban J connectivity index is 2.10. The van der Waals surface area contributed by atoms with Gasteiger partial charge in [0.05, 0.1) is 19.8 Å². The Morgan fingerprint density at radius 2 is 1.60 bits per heavy atom. The van der Waals surface area contributed by atoms with Crippen molar-refractivity contribution in [2.75, 3.05) is 39.6 Å². The van der Waals surface area contributed by atoms with Gasteiger partial charge in [0.15, 0.2) is 0 Å². The predicted molar refractivity (Wildman–Crippen MR) is 77.8 cm³/mol. The van der Waals surface area contributed by atoms with E-state index < -0.39 is 0 Å². The lowest BCUT2D eigenvalue weighted by molar-refractivity contribution is 0.0366. The van der Waals surface area contributed by atoms with Crippen LogP contribution in [0.3, 0.4) is 0 Å². The molecule has 20 heavy (non-hydrogen) atoms. The van der Waals surface area contributed by atoms with Crippen molar-refractivity contribution in [3.05, 3.63) is 29.8 Å². The molecule has 0 bridgehead atoms. The summed E-state index contributed by atoms with van der Waals surface area (Å²) in [6.07, 6.45) is 1.03. The van der Waals surface area contributed by atoms with E-state index in [0.29, 0.717) is 26.4 Å². The molecule has 1 aromatic carbocycles. The van der Waals surface area contributed by atoms with Gasteiger partial charge >= 0.3 is 0 Å². The second-order valence-corrected chi connectivity index (χ2v) is 4.06. The van der Waals surface area contributed by atoms with Crippen molar-refractivity contribution in [3.63, 3.8) is 0 Å². The number of benzene rings is 1. The summed E-state index contributed by atoms with van der Waals surface area (Å²) in [5.41, 5.74) is 0.857. The molecule has 0 fully saturated rings. The molecule has 0 aliphatic heterocycles. The van der Waals surface area contributed by atoms with Gasteiger partial charge in [-0.2, -0.15) is 0 Å². The van der Waals surface area contributed by atoms with Crippen LogP contribution in [0.5, 0.6) is 5.75 Å². The van der Waals surface area contributed by atoms with Crippen molar-refractivity contribution in [3.8, 4) is 17.6 Å². The fourth-order valence-electron chi connectivity index (χ4n) is 1.46. The molecule has 0 saturated carbocycles. The Hall–Kier alpha value is -1.54. The Kier molecular flexibility index (Phi) is 9.33. The zero-order valence-corrected chi connectivity index (χ0v) is 11.9. The second kappa shape index (κ2) is 11.3. The van der Waals surface area contributed by atoms with Crippen LogP contribution in [0.4, 0.5) is 0 Å². The third-order valence-corrected chi connectivity index (χ3v) is 2.38. The fraction of sp³-hybridized carbons (Fsp3) is 0.500. The Morgan fingerprint density at radius 1 is 0.950 bits per heavy atom. The van der Waals surface area contributed by atoms with E-state index in [4.69, 9.17) is 19.3 Å². The van der Waals surface area contributed by atoms with Crippen LogP contribution in [0.25, 0.3) is 0 Å². The van der Waals surface area contributed by atoms with Gasteiger partial charge in [-0.25, -0.2) is 0 Å².